The first-order valence-electron chi connectivity index (χ1n) is 6.47. The standard InChI is InChI=1S/2C6H6S.C4H9.Bi/c2*7-6-4-2-1-3-5-6;1-4(2)3;/h2*1-5,7H;4H,1H2,2-3H3;/q;;;+2/p-2. The summed E-state index contributed by atoms with van der Waals surface area (Å²) < 4.78 is 1.43. The molecule has 0 aliphatic carbocycles. The third-order valence-corrected chi connectivity index (χ3v) is 24.0. The predicted octanol–water partition coefficient (Wildman–Crippen LogP) is 5.72. The van der Waals surface area contributed by atoms with Gasteiger partial charge in [0.1, 0.15) is 0 Å². The fraction of sp³-hybridized carbons (Fsp3) is 0.250. The molecule has 0 heterocycles. The minimum absolute atomic E-state index is 0.810. The van der Waals surface area contributed by atoms with Gasteiger partial charge in [0.25, 0.3) is 0 Å². The van der Waals surface area contributed by atoms with E-state index in [-0.39, 0.29) is 0 Å². The van der Waals surface area contributed by atoms with E-state index in [1.807, 2.05) is 0 Å². The molecular formula is C16H19BiS2. The SMILES string of the molecule is CC(C)[CH2][Bi]([S]c1ccccc1)[S]c1ccccc1. The van der Waals surface area contributed by atoms with Crippen molar-refractivity contribution in [1.82, 2.24) is 0 Å². The van der Waals surface area contributed by atoms with Gasteiger partial charge < -0.3 is 0 Å². The summed E-state index contributed by atoms with van der Waals surface area (Å²) in [6.07, 6.45) is 0. The van der Waals surface area contributed by atoms with Crippen molar-refractivity contribution in [2.24, 2.45) is 5.92 Å². The molecule has 0 spiro atoms. The third-order valence-electron chi connectivity index (χ3n) is 2.42. The van der Waals surface area contributed by atoms with Gasteiger partial charge in [-0.25, -0.2) is 0 Å². The van der Waals surface area contributed by atoms with E-state index in [1.165, 1.54) is 13.9 Å². The molecule has 3 heteroatoms. The molecular weight excluding hydrogens is 465 g/mol. The van der Waals surface area contributed by atoms with Crippen LogP contribution in [-0.2, 0) is 0 Å². The molecule has 2 aromatic rings. The van der Waals surface area contributed by atoms with Crippen LogP contribution < -0.4 is 0 Å². The summed E-state index contributed by atoms with van der Waals surface area (Å²) >= 11 is -1.60. The van der Waals surface area contributed by atoms with Gasteiger partial charge in [-0.1, -0.05) is 0 Å². The van der Waals surface area contributed by atoms with Gasteiger partial charge in [0.15, 0.2) is 0 Å². The maximum absolute atomic E-state index is 2.35. The summed E-state index contributed by atoms with van der Waals surface area (Å²) in [5.74, 6) is 0.810. The molecule has 2 aromatic carbocycles. The molecule has 2 rings (SSSR count). The first-order valence-corrected chi connectivity index (χ1v) is 19.0. The summed E-state index contributed by atoms with van der Waals surface area (Å²) in [7, 11) is 4.36. The Balaban J connectivity index is 2.03. The fourth-order valence-corrected chi connectivity index (χ4v) is 26.4. The van der Waals surface area contributed by atoms with Gasteiger partial charge in [0.05, 0.1) is 0 Å². The van der Waals surface area contributed by atoms with E-state index in [1.54, 1.807) is 0 Å². The van der Waals surface area contributed by atoms with E-state index in [2.05, 4.69) is 91.5 Å². The van der Waals surface area contributed by atoms with Crippen molar-refractivity contribution < 1.29 is 0 Å². The number of hydrogen-bond acceptors (Lipinski definition) is 2. The van der Waals surface area contributed by atoms with Crippen molar-refractivity contribution in [2.75, 3.05) is 0 Å². The minimum atomic E-state index is -1.60. The van der Waals surface area contributed by atoms with Gasteiger partial charge in [-0.15, -0.1) is 0 Å². The predicted molar refractivity (Wildman–Crippen MR) is 90.0 cm³/mol. The Kier molecular flexibility index (Phi) is 6.77. The molecule has 0 nitrogen and oxygen atoms in total. The van der Waals surface area contributed by atoms with Crippen LogP contribution in [0.2, 0.25) is 4.13 Å². The molecule has 19 heavy (non-hydrogen) atoms. The summed E-state index contributed by atoms with van der Waals surface area (Å²) in [4.78, 5) is 2.90. The fourth-order valence-electron chi connectivity index (χ4n) is 1.59. The van der Waals surface area contributed by atoms with E-state index in [9.17, 15) is 0 Å². The van der Waals surface area contributed by atoms with Crippen LogP contribution in [0.25, 0.3) is 0 Å². The summed E-state index contributed by atoms with van der Waals surface area (Å²) in [6.45, 7) is 4.69. The van der Waals surface area contributed by atoms with Crippen LogP contribution >= 0.6 is 17.0 Å². The Morgan fingerprint density at radius 2 is 1.21 bits per heavy atom. The zero-order valence-corrected chi connectivity index (χ0v) is 16.4. The van der Waals surface area contributed by atoms with Gasteiger partial charge in [0, 0.05) is 0 Å². The van der Waals surface area contributed by atoms with Gasteiger partial charge in [0.2, 0.25) is 0 Å². The van der Waals surface area contributed by atoms with Crippen LogP contribution in [0.15, 0.2) is 70.5 Å². The molecule has 0 saturated heterocycles. The molecule has 0 aliphatic rings. The van der Waals surface area contributed by atoms with Gasteiger partial charge in [-0.3, -0.25) is 0 Å². The molecule has 0 unspecified atom stereocenters. The van der Waals surface area contributed by atoms with Crippen LogP contribution in [0.3, 0.4) is 0 Å². The molecule has 0 amide bonds. The molecule has 0 fully saturated rings. The zero-order valence-electron chi connectivity index (χ0n) is 11.3. The first-order chi connectivity index (χ1) is 9.24. The topological polar surface area (TPSA) is 0 Å². The Morgan fingerprint density at radius 1 is 0.789 bits per heavy atom. The number of rotatable bonds is 6. The molecule has 0 radical (unpaired) electrons. The van der Waals surface area contributed by atoms with Crippen LogP contribution in [0, 0.1) is 5.92 Å². The number of benzene rings is 2. The van der Waals surface area contributed by atoms with E-state index < -0.39 is 18.8 Å². The summed E-state index contributed by atoms with van der Waals surface area (Å²) in [5.41, 5.74) is 0. The van der Waals surface area contributed by atoms with Gasteiger partial charge in [-0.2, -0.15) is 0 Å². The molecule has 0 saturated carbocycles. The van der Waals surface area contributed by atoms with Crippen molar-refractivity contribution in [3.05, 3.63) is 60.7 Å². The van der Waals surface area contributed by atoms with Crippen LogP contribution in [-0.4, -0.2) is 18.8 Å². The molecule has 100 valence electrons. The van der Waals surface area contributed by atoms with E-state index in [4.69, 9.17) is 0 Å². The van der Waals surface area contributed by atoms with Crippen molar-refractivity contribution >= 4 is 35.9 Å². The van der Waals surface area contributed by atoms with Gasteiger partial charge >= 0.3 is 130 Å². The van der Waals surface area contributed by atoms with Crippen molar-refractivity contribution in [3.63, 3.8) is 0 Å². The Labute approximate surface area is 129 Å². The summed E-state index contributed by atoms with van der Waals surface area (Å²) in [5, 5.41) is 0. The Bertz CT molecular complexity index is 429. The first kappa shape index (κ1) is 15.4. The zero-order chi connectivity index (χ0) is 13.5. The van der Waals surface area contributed by atoms with Crippen LogP contribution in [0.4, 0.5) is 0 Å². The van der Waals surface area contributed by atoms with E-state index in [0.717, 1.165) is 5.92 Å². The molecule has 0 aromatic heterocycles. The van der Waals surface area contributed by atoms with Crippen LogP contribution in [0.1, 0.15) is 13.8 Å². The number of hydrogen-bond donors (Lipinski definition) is 0. The van der Waals surface area contributed by atoms with E-state index >= 15 is 0 Å². The van der Waals surface area contributed by atoms with E-state index in [0.29, 0.717) is 0 Å². The Morgan fingerprint density at radius 3 is 1.58 bits per heavy atom. The van der Waals surface area contributed by atoms with Crippen molar-refractivity contribution in [3.8, 4) is 0 Å². The summed E-state index contributed by atoms with van der Waals surface area (Å²) in [6, 6.07) is 21.8. The van der Waals surface area contributed by atoms with Crippen LogP contribution in [0.5, 0.6) is 0 Å². The molecule has 0 aliphatic heterocycles. The molecule has 0 N–H and O–H groups in total. The normalized spacial score (nSPS) is 11.2. The monoisotopic (exact) mass is 484 g/mol. The van der Waals surface area contributed by atoms with Crippen molar-refractivity contribution in [2.45, 2.75) is 27.8 Å². The maximum atomic E-state index is 2.35. The Hall–Kier alpha value is 0.0231. The average molecular weight is 484 g/mol. The van der Waals surface area contributed by atoms with Crippen molar-refractivity contribution in [1.29, 1.82) is 0 Å². The second-order valence-corrected chi connectivity index (χ2v) is 24.1. The average Bonchev–Trinajstić information content (AvgIpc) is 2.40. The molecule has 0 atom stereocenters. The second kappa shape index (κ2) is 8.34. The second-order valence-electron chi connectivity index (χ2n) is 4.72. The quantitative estimate of drug-likeness (QED) is 0.482. The molecule has 0 bridgehead atoms. The van der Waals surface area contributed by atoms with Gasteiger partial charge in [-0.05, 0) is 0 Å². The third kappa shape index (κ3) is 5.89.